The smallest absolute Gasteiger partial charge is 0.431 e. The summed E-state index contributed by atoms with van der Waals surface area (Å²) >= 11 is 0. The van der Waals surface area contributed by atoms with Crippen molar-refractivity contribution < 1.29 is 9.31 Å². The number of anilines is 3. The molecule has 1 aromatic heterocycles. The number of rotatable bonds is 1. The Balaban J connectivity index is 1.23. The molecule has 7 aromatic carbocycles. The van der Waals surface area contributed by atoms with E-state index in [2.05, 4.69) is 155 Å². The Kier molecular flexibility index (Phi) is 4.59. The topological polar surface area (TPSA) is 26.6 Å². The lowest BCUT2D eigenvalue weighted by Gasteiger charge is -2.45. The number of para-hydroxylation sites is 4. The first-order valence-electron chi connectivity index (χ1n) is 16.6. The van der Waals surface area contributed by atoms with E-state index in [0.717, 1.165) is 56.3 Å². The number of hydrogen-bond donors (Lipinski definition) is 0. The lowest BCUT2D eigenvalue weighted by Crippen LogP contribution is -2.64. The van der Waals surface area contributed by atoms with Crippen LogP contribution in [0.4, 0.5) is 17.1 Å². The minimum Gasteiger partial charge on any atom is -0.551 e. The summed E-state index contributed by atoms with van der Waals surface area (Å²) in [7, 11) is 0. The van der Waals surface area contributed by atoms with E-state index in [1.54, 1.807) is 0 Å². The van der Waals surface area contributed by atoms with Crippen LogP contribution < -0.4 is 36.1 Å². The Hall–Kier alpha value is -6.13. The van der Waals surface area contributed by atoms with Gasteiger partial charge in [-0.25, -0.2) is 0 Å². The van der Waals surface area contributed by atoms with Crippen molar-refractivity contribution >= 4 is 74.6 Å². The normalized spacial score (nSPS) is 14.0. The van der Waals surface area contributed by atoms with E-state index in [1.165, 1.54) is 43.9 Å². The predicted octanol–water partition coefficient (Wildman–Crippen LogP) is 7.21. The minimum absolute atomic E-state index is 0.273. The Morgan fingerprint density at radius 2 is 0.896 bits per heavy atom. The van der Waals surface area contributed by atoms with Gasteiger partial charge >= 0.3 is 13.8 Å². The third-order valence-corrected chi connectivity index (χ3v) is 10.8. The average Bonchev–Trinajstić information content (AvgIpc) is 3.48. The highest BCUT2D eigenvalue weighted by Crippen LogP contribution is 2.46. The first-order chi connectivity index (χ1) is 23.8. The lowest BCUT2D eigenvalue weighted by atomic mass is 9.43. The van der Waals surface area contributed by atoms with Crippen LogP contribution >= 0.6 is 0 Å². The van der Waals surface area contributed by atoms with Crippen molar-refractivity contribution in [1.82, 2.24) is 4.57 Å². The summed E-state index contributed by atoms with van der Waals surface area (Å²) in [6, 6.07) is 52.5. The van der Waals surface area contributed by atoms with Crippen LogP contribution in [0.25, 0.3) is 49.7 Å². The molecule has 12 rings (SSSR count). The average molecular weight is 610 g/mol. The molecule has 6 heteroatoms. The number of benzene rings is 7. The summed E-state index contributed by atoms with van der Waals surface area (Å²) in [6.07, 6.45) is 0. The van der Waals surface area contributed by atoms with E-state index in [0.29, 0.717) is 0 Å². The maximum Gasteiger partial charge on any atom is 0.431 e. The van der Waals surface area contributed by atoms with Gasteiger partial charge in [0.15, 0.2) is 0 Å². The molecule has 0 saturated carbocycles. The van der Waals surface area contributed by atoms with Crippen LogP contribution in [0.5, 0.6) is 11.5 Å². The van der Waals surface area contributed by atoms with Crippen molar-refractivity contribution in [3.05, 3.63) is 146 Å². The highest BCUT2D eigenvalue weighted by Gasteiger charge is 2.50. The first kappa shape index (κ1) is 25.0. The SMILES string of the molecule is c1ccc2c(c1)OB1c3cc(-n4c5ccccc5c5ccccc54)cc4c3N(c3cccc-2c31)c1cccc2c1B4Oc1ccccc1-2. The molecule has 0 radical (unpaired) electrons. The van der Waals surface area contributed by atoms with E-state index in [-0.39, 0.29) is 13.8 Å². The molecule has 8 aromatic rings. The van der Waals surface area contributed by atoms with Crippen LogP contribution in [0.2, 0.25) is 0 Å². The molecule has 0 unspecified atom stereocenters. The zero-order valence-corrected chi connectivity index (χ0v) is 25.7. The molecule has 0 fully saturated rings. The summed E-state index contributed by atoms with van der Waals surface area (Å²) in [5.74, 6) is 1.83. The molecule has 5 heterocycles. The van der Waals surface area contributed by atoms with Gasteiger partial charge in [-0.1, -0.05) is 97.1 Å². The second-order valence-corrected chi connectivity index (χ2v) is 13.1. The Morgan fingerprint density at radius 3 is 1.44 bits per heavy atom. The Labute approximate surface area is 277 Å². The summed E-state index contributed by atoms with van der Waals surface area (Å²) in [5, 5.41) is 2.49. The summed E-state index contributed by atoms with van der Waals surface area (Å²) in [5.41, 5.74) is 16.4. The van der Waals surface area contributed by atoms with Gasteiger partial charge in [-0.05, 0) is 70.6 Å². The third-order valence-electron chi connectivity index (χ3n) is 10.8. The molecule has 0 atom stereocenters. The zero-order chi connectivity index (χ0) is 31.1. The molecule has 220 valence electrons. The fraction of sp³-hybridized carbons (Fsp3) is 0. The van der Waals surface area contributed by atoms with Gasteiger partial charge in [0.2, 0.25) is 0 Å². The molecule has 0 amide bonds. The van der Waals surface area contributed by atoms with E-state index < -0.39 is 0 Å². The molecule has 0 aliphatic carbocycles. The molecule has 4 aliphatic heterocycles. The van der Waals surface area contributed by atoms with Crippen molar-refractivity contribution in [2.75, 3.05) is 4.90 Å². The van der Waals surface area contributed by atoms with Crippen LogP contribution in [0, 0.1) is 0 Å². The van der Waals surface area contributed by atoms with Crippen molar-refractivity contribution in [3.8, 4) is 39.4 Å². The lowest BCUT2D eigenvalue weighted by molar-refractivity contribution is 0.588. The van der Waals surface area contributed by atoms with E-state index in [9.17, 15) is 0 Å². The van der Waals surface area contributed by atoms with Crippen molar-refractivity contribution in [1.29, 1.82) is 0 Å². The van der Waals surface area contributed by atoms with Crippen LogP contribution in [0.15, 0.2) is 146 Å². The van der Waals surface area contributed by atoms with Gasteiger partial charge in [0.25, 0.3) is 0 Å². The largest absolute Gasteiger partial charge is 0.551 e. The molecule has 48 heavy (non-hydrogen) atoms. The molecule has 4 nitrogen and oxygen atoms in total. The van der Waals surface area contributed by atoms with Crippen molar-refractivity contribution in [3.63, 3.8) is 0 Å². The van der Waals surface area contributed by atoms with E-state index >= 15 is 0 Å². The third kappa shape index (κ3) is 2.99. The van der Waals surface area contributed by atoms with E-state index in [1.807, 2.05) is 0 Å². The van der Waals surface area contributed by atoms with Gasteiger partial charge in [0.1, 0.15) is 11.5 Å². The monoisotopic (exact) mass is 610 g/mol. The number of nitrogens with zero attached hydrogens (tertiary/aromatic N) is 2. The zero-order valence-electron chi connectivity index (χ0n) is 25.7. The highest BCUT2D eigenvalue weighted by molar-refractivity contribution is 6.90. The fourth-order valence-corrected chi connectivity index (χ4v) is 8.93. The van der Waals surface area contributed by atoms with Crippen LogP contribution in [0.1, 0.15) is 0 Å². The summed E-state index contributed by atoms with van der Waals surface area (Å²) in [6.45, 7) is -0.547. The number of fused-ring (bicyclic) bond motifs is 11. The summed E-state index contributed by atoms with van der Waals surface area (Å²) < 4.78 is 16.5. The minimum atomic E-state index is -0.273. The Morgan fingerprint density at radius 1 is 0.438 bits per heavy atom. The molecule has 0 saturated heterocycles. The van der Waals surface area contributed by atoms with Crippen LogP contribution in [0.3, 0.4) is 0 Å². The predicted molar refractivity (Wildman–Crippen MR) is 198 cm³/mol. The molecule has 0 spiro atoms. The van der Waals surface area contributed by atoms with Gasteiger partial charge in [-0.15, -0.1) is 0 Å². The van der Waals surface area contributed by atoms with Gasteiger partial charge < -0.3 is 18.8 Å². The second-order valence-electron chi connectivity index (χ2n) is 13.1. The van der Waals surface area contributed by atoms with Crippen molar-refractivity contribution in [2.24, 2.45) is 0 Å². The Bertz CT molecular complexity index is 2550. The second kappa shape index (κ2) is 8.81. The van der Waals surface area contributed by atoms with Crippen molar-refractivity contribution in [2.45, 2.75) is 0 Å². The summed E-state index contributed by atoms with van der Waals surface area (Å²) in [4.78, 5) is 2.49. The molecule has 4 aliphatic rings. The first-order valence-corrected chi connectivity index (χ1v) is 16.6. The molecule has 0 N–H and O–H groups in total. The fourth-order valence-electron chi connectivity index (χ4n) is 8.93. The van der Waals surface area contributed by atoms with Gasteiger partial charge in [-0.3, -0.25) is 0 Å². The number of aromatic nitrogens is 1. The molecule has 0 bridgehead atoms. The van der Waals surface area contributed by atoms with Crippen LogP contribution in [-0.4, -0.2) is 18.4 Å². The van der Waals surface area contributed by atoms with Crippen LogP contribution in [-0.2, 0) is 0 Å². The van der Waals surface area contributed by atoms with Gasteiger partial charge in [-0.2, -0.15) is 0 Å². The quantitative estimate of drug-likeness (QED) is 0.184. The van der Waals surface area contributed by atoms with Gasteiger partial charge in [0.05, 0.1) is 11.0 Å². The molecular weight excluding hydrogens is 586 g/mol. The maximum atomic E-state index is 7.06. The van der Waals surface area contributed by atoms with Gasteiger partial charge in [0, 0.05) is 55.6 Å². The standard InChI is InChI=1S/C42H24B2N2O2/c1-5-17-34-26(11-1)27-12-2-6-18-35(27)45(34)25-23-32-42-33(24-25)44-41-31(29-14-4-8-22-39(29)48-44)16-10-20-37(41)46(42)36-19-9-15-30-28-13-3-7-21-38(28)47-43(32)40(30)36/h1-24H. The number of hydrogen-bond acceptors (Lipinski definition) is 3. The maximum absolute atomic E-state index is 7.06. The van der Waals surface area contributed by atoms with E-state index in [4.69, 9.17) is 9.31 Å². The molecular formula is C42H24B2N2O2. The highest BCUT2D eigenvalue weighted by atomic mass is 16.4.